The topological polar surface area (TPSA) is 18.5 Å². The molecule has 86 valence electrons. The van der Waals surface area contributed by atoms with Gasteiger partial charge in [-0.15, -0.1) is 0 Å². The van der Waals surface area contributed by atoms with Gasteiger partial charge in [-0.2, -0.15) is 0 Å². The van der Waals surface area contributed by atoms with Crippen LogP contribution >= 0.6 is 0 Å². The maximum Gasteiger partial charge on any atom is 0.163 e. The highest BCUT2D eigenvalue weighted by atomic mass is 16.7. The average Bonchev–Trinajstić information content (AvgIpc) is 2.25. The average molecular weight is 210 g/mol. The zero-order chi connectivity index (χ0) is 10.9. The van der Waals surface area contributed by atoms with E-state index >= 15 is 0 Å². The number of ether oxygens (including phenoxy) is 2. The number of hydrogen-bond donors (Lipinski definition) is 0. The third-order valence-corrected chi connectivity index (χ3v) is 4.17. The Kier molecular flexibility index (Phi) is 3.17. The fraction of sp³-hybridized carbons (Fsp3) is 0.846. The van der Waals surface area contributed by atoms with Crippen LogP contribution in [0.2, 0.25) is 0 Å². The second-order valence-corrected chi connectivity index (χ2v) is 5.08. The third-order valence-electron chi connectivity index (χ3n) is 4.17. The maximum atomic E-state index is 5.77. The molecular weight excluding hydrogens is 188 g/mol. The molecule has 1 fully saturated rings. The molecule has 1 saturated heterocycles. The lowest BCUT2D eigenvalue weighted by molar-refractivity contribution is -0.233. The van der Waals surface area contributed by atoms with Crippen molar-refractivity contribution in [3.05, 3.63) is 11.6 Å². The van der Waals surface area contributed by atoms with Crippen molar-refractivity contribution < 1.29 is 9.47 Å². The van der Waals surface area contributed by atoms with E-state index in [1.54, 1.807) is 7.11 Å². The fourth-order valence-corrected chi connectivity index (χ4v) is 3.20. The first-order chi connectivity index (χ1) is 7.19. The van der Waals surface area contributed by atoms with Crippen molar-refractivity contribution in [2.75, 3.05) is 13.7 Å². The van der Waals surface area contributed by atoms with Gasteiger partial charge in [-0.05, 0) is 38.5 Å². The molecule has 15 heavy (non-hydrogen) atoms. The summed E-state index contributed by atoms with van der Waals surface area (Å²) >= 11 is 0. The smallest absolute Gasteiger partial charge is 0.163 e. The van der Waals surface area contributed by atoms with Crippen molar-refractivity contribution in [2.24, 2.45) is 11.3 Å². The molecule has 0 aromatic carbocycles. The van der Waals surface area contributed by atoms with Gasteiger partial charge >= 0.3 is 0 Å². The molecule has 1 spiro atoms. The molecule has 0 amide bonds. The first-order valence-corrected chi connectivity index (χ1v) is 6.01. The summed E-state index contributed by atoms with van der Waals surface area (Å²) in [6, 6.07) is 0. The van der Waals surface area contributed by atoms with Gasteiger partial charge < -0.3 is 9.47 Å². The Morgan fingerprint density at radius 3 is 2.93 bits per heavy atom. The van der Waals surface area contributed by atoms with E-state index in [9.17, 15) is 0 Å². The van der Waals surface area contributed by atoms with Gasteiger partial charge in [-0.25, -0.2) is 0 Å². The van der Waals surface area contributed by atoms with Gasteiger partial charge in [0, 0.05) is 19.1 Å². The number of allylic oxidation sites excluding steroid dienone is 2. The molecule has 2 rings (SSSR count). The van der Waals surface area contributed by atoms with E-state index in [0.29, 0.717) is 5.92 Å². The van der Waals surface area contributed by atoms with E-state index in [0.717, 1.165) is 6.61 Å². The zero-order valence-corrected chi connectivity index (χ0v) is 10.1. The fourth-order valence-electron chi connectivity index (χ4n) is 3.20. The molecule has 3 unspecified atom stereocenters. The number of rotatable bonds is 1. The van der Waals surface area contributed by atoms with Crippen molar-refractivity contribution in [3.63, 3.8) is 0 Å². The molecule has 0 saturated carbocycles. The molecule has 1 heterocycles. The van der Waals surface area contributed by atoms with Crippen LogP contribution in [0.25, 0.3) is 0 Å². The molecule has 0 aromatic heterocycles. The maximum absolute atomic E-state index is 5.77. The molecule has 0 bridgehead atoms. The van der Waals surface area contributed by atoms with Crippen LogP contribution < -0.4 is 0 Å². The van der Waals surface area contributed by atoms with Crippen molar-refractivity contribution in [1.29, 1.82) is 0 Å². The summed E-state index contributed by atoms with van der Waals surface area (Å²) in [7, 11) is 1.77. The molecule has 1 aliphatic carbocycles. The molecule has 2 nitrogen and oxygen atoms in total. The Morgan fingerprint density at radius 1 is 1.47 bits per heavy atom. The molecule has 0 N–H and O–H groups in total. The highest BCUT2D eigenvalue weighted by molar-refractivity contribution is 5.12. The molecule has 2 heteroatoms. The highest BCUT2D eigenvalue weighted by Gasteiger charge is 2.46. The molecule has 1 aliphatic heterocycles. The molecule has 0 radical (unpaired) electrons. The van der Waals surface area contributed by atoms with Gasteiger partial charge in [0.15, 0.2) is 6.29 Å². The predicted molar refractivity (Wildman–Crippen MR) is 60.6 cm³/mol. The standard InChI is InChI=1S/C13H22O2/c1-10-5-7-13(11(2)9-10)6-4-8-15-12(13)14-3/h9,11-12H,4-8H2,1-3H3. The van der Waals surface area contributed by atoms with Crippen LogP contribution in [0.1, 0.15) is 39.5 Å². The minimum Gasteiger partial charge on any atom is -0.355 e. The van der Waals surface area contributed by atoms with Gasteiger partial charge in [0.05, 0.1) is 0 Å². The van der Waals surface area contributed by atoms with Crippen molar-refractivity contribution in [2.45, 2.75) is 45.8 Å². The van der Waals surface area contributed by atoms with E-state index in [-0.39, 0.29) is 11.7 Å². The molecule has 0 aromatic rings. The summed E-state index contributed by atoms with van der Waals surface area (Å²) in [5, 5.41) is 0. The predicted octanol–water partition coefficient (Wildman–Crippen LogP) is 3.13. The second-order valence-electron chi connectivity index (χ2n) is 5.08. The van der Waals surface area contributed by atoms with Crippen LogP contribution in [-0.2, 0) is 9.47 Å². The Hall–Kier alpha value is -0.340. The Balaban J connectivity index is 2.23. The highest BCUT2D eigenvalue weighted by Crippen LogP contribution is 2.49. The van der Waals surface area contributed by atoms with Crippen LogP contribution in [0.4, 0.5) is 0 Å². The van der Waals surface area contributed by atoms with Gasteiger partial charge in [0.25, 0.3) is 0 Å². The quantitative estimate of drug-likeness (QED) is 0.619. The van der Waals surface area contributed by atoms with E-state index < -0.39 is 0 Å². The third kappa shape index (κ3) is 1.85. The van der Waals surface area contributed by atoms with Crippen LogP contribution in [0.15, 0.2) is 11.6 Å². The van der Waals surface area contributed by atoms with E-state index in [2.05, 4.69) is 19.9 Å². The van der Waals surface area contributed by atoms with Crippen LogP contribution in [0.5, 0.6) is 0 Å². The lowest BCUT2D eigenvalue weighted by Gasteiger charge is -2.48. The first-order valence-electron chi connectivity index (χ1n) is 6.01. The van der Waals surface area contributed by atoms with Crippen molar-refractivity contribution in [1.82, 2.24) is 0 Å². The first kappa shape index (κ1) is 11.2. The normalized spacial score (nSPS) is 41.7. The molecular formula is C13H22O2. The Morgan fingerprint density at radius 2 is 2.27 bits per heavy atom. The lowest BCUT2D eigenvalue weighted by Crippen LogP contribution is -2.47. The zero-order valence-electron chi connectivity index (χ0n) is 10.1. The Labute approximate surface area is 92.6 Å². The second kappa shape index (κ2) is 4.26. The van der Waals surface area contributed by atoms with Crippen LogP contribution in [0, 0.1) is 11.3 Å². The van der Waals surface area contributed by atoms with E-state index in [1.807, 2.05) is 0 Å². The number of hydrogen-bond acceptors (Lipinski definition) is 2. The summed E-state index contributed by atoms with van der Waals surface area (Å²) in [4.78, 5) is 0. The van der Waals surface area contributed by atoms with E-state index in [4.69, 9.17) is 9.47 Å². The molecule has 3 atom stereocenters. The van der Waals surface area contributed by atoms with Gasteiger partial charge in [-0.1, -0.05) is 18.6 Å². The molecule has 2 aliphatic rings. The van der Waals surface area contributed by atoms with Crippen molar-refractivity contribution in [3.8, 4) is 0 Å². The monoisotopic (exact) mass is 210 g/mol. The summed E-state index contributed by atoms with van der Waals surface area (Å²) < 4.78 is 11.3. The van der Waals surface area contributed by atoms with Crippen molar-refractivity contribution >= 4 is 0 Å². The van der Waals surface area contributed by atoms with Crippen LogP contribution in [-0.4, -0.2) is 20.0 Å². The van der Waals surface area contributed by atoms with Crippen LogP contribution in [0.3, 0.4) is 0 Å². The van der Waals surface area contributed by atoms with Gasteiger partial charge in [0.2, 0.25) is 0 Å². The largest absolute Gasteiger partial charge is 0.355 e. The lowest BCUT2D eigenvalue weighted by atomic mass is 9.64. The summed E-state index contributed by atoms with van der Waals surface area (Å²) in [6.07, 6.45) is 7.26. The summed E-state index contributed by atoms with van der Waals surface area (Å²) in [5.74, 6) is 0.580. The summed E-state index contributed by atoms with van der Waals surface area (Å²) in [6.45, 7) is 5.40. The Bertz CT molecular complexity index is 259. The minimum absolute atomic E-state index is 0.00519. The van der Waals surface area contributed by atoms with E-state index in [1.165, 1.54) is 31.3 Å². The SMILES string of the molecule is COC1OCCCC12CCC(C)=CC2C. The van der Waals surface area contributed by atoms with Gasteiger partial charge in [0.1, 0.15) is 0 Å². The summed E-state index contributed by atoms with van der Waals surface area (Å²) in [5.41, 5.74) is 1.76. The minimum atomic E-state index is 0.00519. The number of methoxy groups -OCH3 is 1. The van der Waals surface area contributed by atoms with Gasteiger partial charge in [-0.3, -0.25) is 0 Å².